The smallest absolute Gasteiger partial charge is 0.268 e. The van der Waals surface area contributed by atoms with Crippen molar-refractivity contribution in [3.05, 3.63) is 33.9 Å². The van der Waals surface area contributed by atoms with Gasteiger partial charge in [-0.05, 0) is 50.1 Å². The van der Waals surface area contributed by atoms with Crippen LogP contribution in [0, 0.1) is 0 Å². The Hall–Kier alpha value is -1.10. The Labute approximate surface area is 207 Å². The minimum Gasteiger partial charge on any atom is -0.345 e. The van der Waals surface area contributed by atoms with Gasteiger partial charge in [-0.3, -0.25) is 19.0 Å². The van der Waals surface area contributed by atoms with E-state index in [0.29, 0.717) is 15.7 Å². The van der Waals surface area contributed by atoms with E-state index >= 15 is 0 Å². The minimum atomic E-state index is -0.303. The van der Waals surface area contributed by atoms with Crippen LogP contribution < -0.4 is 14.8 Å². The molecule has 0 aliphatic carbocycles. The lowest BCUT2D eigenvalue weighted by Crippen LogP contribution is -2.55. The van der Waals surface area contributed by atoms with Gasteiger partial charge in [-0.15, -0.1) is 0 Å². The quantitative estimate of drug-likeness (QED) is 0.338. The Bertz CT molecular complexity index is 977. The van der Waals surface area contributed by atoms with Crippen LogP contribution >= 0.6 is 47.3 Å². The summed E-state index contributed by atoms with van der Waals surface area (Å²) in [7, 11) is 1.86. The fourth-order valence-electron chi connectivity index (χ4n) is 4.04. The molecule has 1 fully saturated rings. The molecule has 0 atom stereocenters. The SMILES string of the molecule is CSNCCCC1(NC(=O)c2cc3c(Cl)c(Cl)ccc3n2C)CCN(SNC(C)=O)CC1. The van der Waals surface area contributed by atoms with E-state index in [4.69, 9.17) is 23.2 Å². The number of rotatable bonds is 9. The van der Waals surface area contributed by atoms with Crippen molar-refractivity contribution in [2.45, 2.75) is 38.1 Å². The maximum atomic E-state index is 13.4. The van der Waals surface area contributed by atoms with E-state index in [9.17, 15) is 9.59 Å². The second kappa shape index (κ2) is 11.4. The van der Waals surface area contributed by atoms with Crippen molar-refractivity contribution in [3.63, 3.8) is 0 Å². The van der Waals surface area contributed by atoms with Gasteiger partial charge in [0, 0.05) is 62.2 Å². The van der Waals surface area contributed by atoms with Crippen LogP contribution in [-0.4, -0.2) is 52.1 Å². The van der Waals surface area contributed by atoms with Gasteiger partial charge in [0.2, 0.25) is 5.91 Å². The summed E-state index contributed by atoms with van der Waals surface area (Å²) >= 11 is 15.5. The first-order valence-corrected chi connectivity index (χ1v) is 13.2. The van der Waals surface area contributed by atoms with Gasteiger partial charge >= 0.3 is 0 Å². The predicted octanol–water partition coefficient (Wildman–Crippen LogP) is 4.40. The first-order chi connectivity index (χ1) is 15.3. The van der Waals surface area contributed by atoms with E-state index in [1.807, 2.05) is 30.0 Å². The average Bonchev–Trinajstić information content (AvgIpc) is 3.11. The molecule has 1 aliphatic rings. The molecule has 3 rings (SSSR count). The molecule has 2 aromatic rings. The van der Waals surface area contributed by atoms with Crippen LogP contribution in [0.1, 0.15) is 43.1 Å². The number of benzene rings is 1. The molecule has 176 valence electrons. The first-order valence-electron chi connectivity index (χ1n) is 10.5. The number of fused-ring (bicyclic) bond motifs is 1. The molecule has 2 heterocycles. The van der Waals surface area contributed by atoms with Crippen molar-refractivity contribution in [2.75, 3.05) is 25.9 Å². The lowest BCUT2D eigenvalue weighted by atomic mass is 9.83. The van der Waals surface area contributed by atoms with Gasteiger partial charge < -0.3 is 9.88 Å². The summed E-state index contributed by atoms with van der Waals surface area (Å²) in [4.78, 5) is 24.6. The Morgan fingerprint density at radius 3 is 2.59 bits per heavy atom. The second-order valence-electron chi connectivity index (χ2n) is 8.00. The number of carbonyl (C=O) groups is 2. The summed E-state index contributed by atoms with van der Waals surface area (Å²) in [6, 6.07) is 5.43. The van der Waals surface area contributed by atoms with E-state index in [-0.39, 0.29) is 17.4 Å². The average molecular weight is 519 g/mol. The molecule has 0 unspecified atom stereocenters. The molecule has 0 bridgehead atoms. The number of carbonyl (C=O) groups excluding carboxylic acids is 2. The lowest BCUT2D eigenvalue weighted by Gasteiger charge is -2.42. The molecule has 0 saturated carbocycles. The number of nitrogens with zero attached hydrogens (tertiary/aromatic N) is 2. The maximum absolute atomic E-state index is 13.4. The van der Waals surface area contributed by atoms with Gasteiger partial charge in [0.05, 0.1) is 10.0 Å². The summed E-state index contributed by atoms with van der Waals surface area (Å²) in [6.07, 6.45) is 5.45. The first kappa shape index (κ1) is 25.5. The van der Waals surface area contributed by atoms with Gasteiger partial charge in [-0.2, -0.15) is 0 Å². The molecule has 0 spiro atoms. The molecular weight excluding hydrogens is 489 g/mol. The minimum absolute atomic E-state index is 0.0715. The van der Waals surface area contributed by atoms with Crippen LogP contribution in [0.15, 0.2) is 18.2 Å². The number of halogens is 2. The molecule has 1 aliphatic heterocycles. The third-order valence-electron chi connectivity index (χ3n) is 5.80. The Morgan fingerprint density at radius 1 is 1.22 bits per heavy atom. The normalized spacial score (nSPS) is 16.3. The third kappa shape index (κ3) is 6.07. The van der Waals surface area contributed by atoms with Crippen molar-refractivity contribution in [3.8, 4) is 0 Å². The molecule has 1 aromatic heterocycles. The van der Waals surface area contributed by atoms with Crippen molar-refractivity contribution >= 4 is 70.0 Å². The Balaban J connectivity index is 1.76. The zero-order valence-corrected chi connectivity index (χ0v) is 21.6. The molecule has 7 nitrogen and oxygen atoms in total. The Morgan fingerprint density at radius 2 is 1.94 bits per heavy atom. The highest BCUT2D eigenvalue weighted by Crippen LogP contribution is 2.34. The number of nitrogens with one attached hydrogen (secondary N) is 3. The number of piperidine rings is 1. The fraction of sp³-hybridized carbons (Fsp3) is 0.524. The highest BCUT2D eigenvalue weighted by Gasteiger charge is 2.36. The maximum Gasteiger partial charge on any atom is 0.268 e. The standard InChI is InChI=1S/C21H29Cl2N5O2S2/c1-14(29)26-32-28-11-8-21(9-12-28,7-4-10-24-31-3)25-20(30)18-13-15-17(27(18)2)6-5-16(22)19(15)23/h5-6,13,24H,4,7-12H2,1-3H3,(H,25,30)(H,26,29). The summed E-state index contributed by atoms with van der Waals surface area (Å²) in [6.45, 7) is 3.93. The van der Waals surface area contributed by atoms with Crippen molar-refractivity contribution in [1.82, 2.24) is 23.6 Å². The van der Waals surface area contributed by atoms with Gasteiger partial charge in [0.1, 0.15) is 5.69 Å². The van der Waals surface area contributed by atoms with Crippen LogP contribution in [0.3, 0.4) is 0 Å². The van der Waals surface area contributed by atoms with E-state index in [2.05, 4.69) is 19.1 Å². The van der Waals surface area contributed by atoms with Gasteiger partial charge in [-0.1, -0.05) is 35.1 Å². The van der Waals surface area contributed by atoms with Crippen LogP contribution in [-0.2, 0) is 11.8 Å². The van der Waals surface area contributed by atoms with E-state index in [0.717, 1.165) is 56.2 Å². The lowest BCUT2D eigenvalue weighted by molar-refractivity contribution is -0.117. The molecule has 3 N–H and O–H groups in total. The molecule has 1 aromatic carbocycles. The zero-order chi connectivity index (χ0) is 23.3. The van der Waals surface area contributed by atoms with Gasteiger partial charge in [-0.25, -0.2) is 4.31 Å². The topological polar surface area (TPSA) is 78.4 Å². The van der Waals surface area contributed by atoms with E-state index in [1.54, 1.807) is 18.0 Å². The molecule has 2 amide bonds. The van der Waals surface area contributed by atoms with Crippen LogP contribution in [0.2, 0.25) is 10.0 Å². The number of hydrogen-bond donors (Lipinski definition) is 3. The molecular formula is C21H29Cl2N5O2S2. The Kier molecular flexibility index (Phi) is 9.05. The number of aryl methyl sites for hydroxylation is 1. The van der Waals surface area contributed by atoms with Crippen LogP contribution in [0.5, 0.6) is 0 Å². The highest BCUT2D eigenvalue weighted by molar-refractivity contribution is 7.96. The third-order valence-corrected chi connectivity index (χ3v) is 8.12. The fourth-order valence-corrected chi connectivity index (χ4v) is 5.40. The molecule has 0 radical (unpaired) electrons. The summed E-state index contributed by atoms with van der Waals surface area (Å²) in [5, 5.41) is 5.05. The number of amides is 2. The summed E-state index contributed by atoms with van der Waals surface area (Å²) < 4.78 is 10.0. The van der Waals surface area contributed by atoms with E-state index in [1.165, 1.54) is 19.1 Å². The molecule has 1 saturated heterocycles. The summed E-state index contributed by atoms with van der Waals surface area (Å²) in [5.41, 5.74) is 1.12. The monoisotopic (exact) mass is 517 g/mol. The molecule has 32 heavy (non-hydrogen) atoms. The van der Waals surface area contributed by atoms with Gasteiger partial charge in [0.15, 0.2) is 0 Å². The van der Waals surface area contributed by atoms with Crippen LogP contribution in [0.25, 0.3) is 10.9 Å². The predicted molar refractivity (Wildman–Crippen MR) is 136 cm³/mol. The molecule has 11 heteroatoms. The zero-order valence-electron chi connectivity index (χ0n) is 18.5. The van der Waals surface area contributed by atoms with Crippen molar-refractivity contribution < 1.29 is 9.59 Å². The second-order valence-corrected chi connectivity index (χ2v) is 10.4. The van der Waals surface area contributed by atoms with Gasteiger partial charge in [0.25, 0.3) is 5.91 Å². The summed E-state index contributed by atoms with van der Waals surface area (Å²) in [5.74, 6) is -0.186. The van der Waals surface area contributed by atoms with E-state index < -0.39 is 0 Å². The van der Waals surface area contributed by atoms with Crippen LogP contribution in [0.4, 0.5) is 0 Å². The van der Waals surface area contributed by atoms with Crippen molar-refractivity contribution in [1.29, 1.82) is 0 Å². The van der Waals surface area contributed by atoms with Crippen molar-refractivity contribution in [2.24, 2.45) is 7.05 Å². The number of hydrogen-bond acceptors (Lipinski definition) is 6. The highest BCUT2D eigenvalue weighted by atomic mass is 35.5. The number of aromatic nitrogens is 1. The largest absolute Gasteiger partial charge is 0.345 e.